The van der Waals surface area contributed by atoms with Crippen LogP contribution in [-0.2, 0) is 9.53 Å². The molecule has 0 aliphatic carbocycles. The van der Waals surface area contributed by atoms with Gasteiger partial charge in [0, 0.05) is 6.08 Å². The summed E-state index contributed by atoms with van der Waals surface area (Å²) in [5.74, 6) is -0.631. The minimum absolute atomic E-state index is 0.290. The fourth-order valence-corrected chi connectivity index (χ4v) is 3.69. The van der Waals surface area contributed by atoms with Crippen molar-refractivity contribution in [2.24, 2.45) is 0 Å². The lowest BCUT2D eigenvalue weighted by Crippen LogP contribution is -2.04. The van der Waals surface area contributed by atoms with Gasteiger partial charge in [-0.25, -0.2) is 9.59 Å². The summed E-state index contributed by atoms with van der Waals surface area (Å²) in [5, 5.41) is 9.10. The van der Waals surface area contributed by atoms with Crippen LogP contribution in [0.25, 0.3) is 11.6 Å². The zero-order valence-corrected chi connectivity index (χ0v) is 21.0. The van der Waals surface area contributed by atoms with E-state index in [1.165, 1.54) is 51.0 Å². The molecule has 188 valence electrons. The maximum Gasteiger partial charge on any atom is 0.338 e. The zero-order chi connectivity index (χ0) is 25.3. The molecule has 2 rings (SSSR count). The molecule has 0 radical (unpaired) electrons. The lowest BCUT2D eigenvalue weighted by Gasteiger charge is -2.08. The van der Waals surface area contributed by atoms with Crippen LogP contribution in [0, 0.1) is 0 Å². The number of esters is 1. The second-order valence-corrected chi connectivity index (χ2v) is 8.46. The molecule has 0 aliphatic rings. The van der Waals surface area contributed by atoms with Crippen molar-refractivity contribution in [3.63, 3.8) is 0 Å². The van der Waals surface area contributed by atoms with E-state index >= 15 is 0 Å². The van der Waals surface area contributed by atoms with Gasteiger partial charge in [-0.15, -0.1) is 0 Å². The Hall–Kier alpha value is -3.34. The number of hydrogen-bond acceptors (Lipinski definition) is 4. The van der Waals surface area contributed by atoms with Crippen molar-refractivity contribution in [1.29, 1.82) is 0 Å². The van der Waals surface area contributed by atoms with Crippen molar-refractivity contribution in [3.05, 3.63) is 77.4 Å². The van der Waals surface area contributed by atoms with E-state index in [4.69, 9.17) is 14.6 Å². The SMILES string of the molecule is CCCCCCCCCCOc1ccc(/C=C(/C=C\C(=O)O)c2cccc(C(=O)OCC)c2)cc1. The Bertz CT molecular complexity index is 972. The third-order valence-electron chi connectivity index (χ3n) is 5.58. The molecule has 0 saturated heterocycles. The van der Waals surface area contributed by atoms with Crippen LogP contribution in [0.1, 0.15) is 86.7 Å². The Balaban J connectivity index is 1.99. The molecular formula is C30H38O5. The molecule has 0 saturated carbocycles. The van der Waals surface area contributed by atoms with E-state index in [-0.39, 0.29) is 6.61 Å². The Labute approximate surface area is 209 Å². The predicted molar refractivity (Wildman–Crippen MR) is 142 cm³/mol. The molecular weight excluding hydrogens is 440 g/mol. The van der Waals surface area contributed by atoms with Gasteiger partial charge < -0.3 is 14.6 Å². The minimum Gasteiger partial charge on any atom is -0.494 e. The molecule has 0 aliphatic heterocycles. The number of allylic oxidation sites excluding steroid dienone is 2. The fraction of sp³-hybridized carbons (Fsp3) is 0.400. The Kier molecular flexibility index (Phi) is 13.0. The van der Waals surface area contributed by atoms with Crippen LogP contribution in [0.3, 0.4) is 0 Å². The van der Waals surface area contributed by atoms with Crippen molar-refractivity contribution in [1.82, 2.24) is 0 Å². The molecule has 0 fully saturated rings. The number of benzene rings is 2. The Morgan fingerprint density at radius 1 is 0.829 bits per heavy atom. The molecule has 0 bridgehead atoms. The van der Waals surface area contributed by atoms with Crippen molar-refractivity contribution in [3.8, 4) is 5.75 Å². The highest BCUT2D eigenvalue weighted by Crippen LogP contribution is 2.23. The summed E-state index contributed by atoms with van der Waals surface area (Å²) in [6.45, 7) is 4.99. The Morgan fingerprint density at radius 2 is 1.49 bits per heavy atom. The van der Waals surface area contributed by atoms with Gasteiger partial charge in [-0.1, -0.05) is 76.1 Å². The summed E-state index contributed by atoms with van der Waals surface area (Å²) in [4.78, 5) is 23.2. The number of aliphatic carboxylic acids is 1. The van der Waals surface area contributed by atoms with E-state index in [9.17, 15) is 9.59 Å². The molecule has 0 unspecified atom stereocenters. The molecule has 0 spiro atoms. The first-order chi connectivity index (χ1) is 17.0. The van der Waals surface area contributed by atoms with Crippen LogP contribution < -0.4 is 4.74 Å². The third kappa shape index (κ3) is 11.1. The first kappa shape index (κ1) is 27.9. The molecule has 0 aromatic heterocycles. The predicted octanol–water partition coefficient (Wildman–Crippen LogP) is 7.56. The zero-order valence-electron chi connectivity index (χ0n) is 21.0. The van der Waals surface area contributed by atoms with Crippen LogP contribution in [0.15, 0.2) is 60.7 Å². The summed E-state index contributed by atoms with van der Waals surface area (Å²) in [7, 11) is 0. The van der Waals surface area contributed by atoms with Crippen LogP contribution in [0.5, 0.6) is 5.75 Å². The van der Waals surface area contributed by atoms with E-state index in [1.807, 2.05) is 36.4 Å². The number of carboxylic acid groups (broad SMARTS) is 1. The summed E-state index contributed by atoms with van der Waals surface area (Å²) in [6, 6.07) is 14.7. The lowest BCUT2D eigenvalue weighted by atomic mass is 10.00. The molecule has 35 heavy (non-hydrogen) atoms. The Morgan fingerprint density at radius 3 is 2.14 bits per heavy atom. The van der Waals surface area contributed by atoms with Gasteiger partial charge in [0.1, 0.15) is 5.75 Å². The monoisotopic (exact) mass is 478 g/mol. The van der Waals surface area contributed by atoms with E-state index < -0.39 is 11.9 Å². The van der Waals surface area contributed by atoms with Gasteiger partial charge in [-0.2, -0.15) is 0 Å². The van der Waals surface area contributed by atoms with Gasteiger partial charge >= 0.3 is 11.9 Å². The number of carbonyl (C=O) groups excluding carboxylic acids is 1. The summed E-state index contributed by atoms with van der Waals surface area (Å²) >= 11 is 0. The van der Waals surface area contributed by atoms with Crippen LogP contribution in [0.4, 0.5) is 0 Å². The highest BCUT2D eigenvalue weighted by atomic mass is 16.5. The van der Waals surface area contributed by atoms with E-state index in [2.05, 4.69) is 6.92 Å². The van der Waals surface area contributed by atoms with E-state index in [0.717, 1.165) is 29.4 Å². The van der Waals surface area contributed by atoms with E-state index in [0.29, 0.717) is 17.7 Å². The fourth-order valence-electron chi connectivity index (χ4n) is 3.69. The summed E-state index contributed by atoms with van der Waals surface area (Å²) in [5.41, 5.74) is 2.72. The molecule has 1 N–H and O–H groups in total. The molecule has 0 heterocycles. The molecule has 0 atom stereocenters. The van der Waals surface area contributed by atoms with Gasteiger partial charge in [-0.05, 0) is 66.5 Å². The van der Waals surface area contributed by atoms with Gasteiger partial charge in [0.15, 0.2) is 0 Å². The van der Waals surface area contributed by atoms with Crippen LogP contribution >= 0.6 is 0 Å². The smallest absolute Gasteiger partial charge is 0.338 e. The van der Waals surface area contributed by atoms with Crippen LogP contribution in [0.2, 0.25) is 0 Å². The minimum atomic E-state index is -1.04. The van der Waals surface area contributed by atoms with Crippen LogP contribution in [-0.4, -0.2) is 30.3 Å². The van der Waals surface area contributed by atoms with Gasteiger partial charge in [0.25, 0.3) is 0 Å². The topological polar surface area (TPSA) is 72.8 Å². The van der Waals surface area contributed by atoms with Crippen molar-refractivity contribution in [2.75, 3.05) is 13.2 Å². The first-order valence-corrected chi connectivity index (χ1v) is 12.7. The molecule has 5 heteroatoms. The number of hydrogen-bond donors (Lipinski definition) is 1. The number of unbranched alkanes of at least 4 members (excludes halogenated alkanes) is 7. The van der Waals surface area contributed by atoms with Crippen molar-refractivity contribution >= 4 is 23.6 Å². The summed E-state index contributed by atoms with van der Waals surface area (Å²) < 4.78 is 11.0. The number of ether oxygens (including phenoxy) is 2. The number of rotatable bonds is 16. The van der Waals surface area contributed by atoms with Gasteiger partial charge in [0.05, 0.1) is 18.8 Å². The molecule has 2 aromatic carbocycles. The maximum absolute atomic E-state index is 12.1. The third-order valence-corrected chi connectivity index (χ3v) is 5.58. The number of carbonyl (C=O) groups is 2. The largest absolute Gasteiger partial charge is 0.494 e. The maximum atomic E-state index is 12.1. The van der Waals surface area contributed by atoms with Gasteiger partial charge in [0.2, 0.25) is 0 Å². The second-order valence-electron chi connectivity index (χ2n) is 8.46. The first-order valence-electron chi connectivity index (χ1n) is 12.7. The lowest BCUT2D eigenvalue weighted by molar-refractivity contribution is -0.131. The second kappa shape index (κ2) is 16.3. The molecule has 5 nitrogen and oxygen atoms in total. The highest BCUT2D eigenvalue weighted by Gasteiger charge is 2.09. The van der Waals surface area contributed by atoms with Crippen molar-refractivity contribution in [2.45, 2.75) is 65.2 Å². The summed E-state index contributed by atoms with van der Waals surface area (Å²) in [6.07, 6.45) is 14.6. The standard InChI is InChI=1S/C30H38O5/c1-3-5-6-7-8-9-10-11-21-35-28-18-15-24(16-19-28)22-26(17-20-29(31)32)25-13-12-14-27(23-25)30(33)34-4-2/h12-20,22-23H,3-11,21H2,1-2H3,(H,31,32)/b20-17-,26-22-. The average Bonchev–Trinajstić information content (AvgIpc) is 2.86. The quantitative estimate of drug-likeness (QED) is 0.0886. The molecule has 2 aromatic rings. The average molecular weight is 479 g/mol. The number of carboxylic acids is 1. The normalized spacial score (nSPS) is 11.5. The van der Waals surface area contributed by atoms with Gasteiger partial charge in [-0.3, -0.25) is 0 Å². The highest BCUT2D eigenvalue weighted by molar-refractivity contribution is 5.95. The van der Waals surface area contributed by atoms with E-state index in [1.54, 1.807) is 25.1 Å². The molecule has 0 amide bonds. The van der Waals surface area contributed by atoms with Crippen molar-refractivity contribution < 1.29 is 24.2 Å².